The number of aryl methyl sites for hydroxylation is 2. The summed E-state index contributed by atoms with van der Waals surface area (Å²) in [5.41, 5.74) is 8.84. The molecule has 0 N–H and O–H groups in total. The average molecular weight is 487 g/mol. The van der Waals surface area contributed by atoms with Crippen LogP contribution in [0.1, 0.15) is 58.9 Å². The Balaban J connectivity index is 1.67. The van der Waals surface area contributed by atoms with Gasteiger partial charge in [0, 0.05) is 31.0 Å². The van der Waals surface area contributed by atoms with Crippen molar-refractivity contribution in [2.45, 2.75) is 46.4 Å². The number of nitrogens with zero attached hydrogens (tertiary/aromatic N) is 1. The number of pyridine rings is 1. The molecule has 0 aliphatic carbocycles. The highest BCUT2D eigenvalue weighted by atomic mass is 16.3. The summed E-state index contributed by atoms with van der Waals surface area (Å²) < 4.78 is 26.7. The van der Waals surface area contributed by atoms with E-state index >= 15 is 0 Å². The molecule has 0 fully saturated rings. The molecule has 0 bridgehead atoms. The smallest absolute Gasteiger partial charge is 0.216 e. The SMILES string of the molecule is [2H]C(C)(C)c1cccc(C([2H])(C)C)c1-c1cc[n+](C)c(-c2c(C)ccc3c2oc2c4ccccc4ccc32)c1. The molecule has 0 unspecified atom stereocenters. The molecule has 0 atom stereocenters. The van der Waals surface area contributed by atoms with Crippen molar-refractivity contribution in [3.63, 3.8) is 0 Å². The van der Waals surface area contributed by atoms with Crippen molar-refractivity contribution in [3.05, 3.63) is 102 Å². The molecular weight excluding hydrogens is 450 g/mol. The number of fused-ring (bicyclic) bond motifs is 5. The molecular formula is C35H34NO+. The van der Waals surface area contributed by atoms with E-state index in [1.54, 1.807) is 0 Å². The van der Waals surface area contributed by atoms with E-state index in [2.05, 4.69) is 85.4 Å². The summed E-state index contributed by atoms with van der Waals surface area (Å²) in [5.74, 6) is -1.63. The molecule has 0 saturated heterocycles. The maximum atomic E-state index is 8.91. The average Bonchev–Trinajstić information content (AvgIpc) is 3.27. The Hall–Kier alpha value is -3.91. The number of benzene rings is 4. The van der Waals surface area contributed by atoms with E-state index in [4.69, 9.17) is 7.16 Å². The summed E-state index contributed by atoms with van der Waals surface area (Å²) in [6, 6.07) is 27.4. The second-order valence-electron chi connectivity index (χ2n) is 10.5. The first kappa shape index (κ1) is 21.2. The molecule has 2 aromatic heterocycles. The Morgan fingerprint density at radius 3 is 2.11 bits per heavy atom. The Morgan fingerprint density at radius 1 is 0.703 bits per heavy atom. The van der Waals surface area contributed by atoms with Crippen LogP contribution in [0.3, 0.4) is 0 Å². The maximum absolute atomic E-state index is 8.91. The molecule has 0 amide bonds. The van der Waals surface area contributed by atoms with Crippen LogP contribution in [0.25, 0.3) is 55.1 Å². The maximum Gasteiger partial charge on any atom is 0.216 e. The van der Waals surface area contributed by atoms with Crippen LogP contribution in [0.5, 0.6) is 0 Å². The monoisotopic (exact) mass is 486 g/mol. The molecule has 0 spiro atoms. The number of hydrogen-bond donors (Lipinski definition) is 0. The second kappa shape index (κ2) is 8.88. The molecule has 2 heteroatoms. The first-order valence-corrected chi connectivity index (χ1v) is 12.9. The van der Waals surface area contributed by atoms with Crippen molar-refractivity contribution in [2.75, 3.05) is 0 Å². The van der Waals surface area contributed by atoms with Gasteiger partial charge in [-0.05, 0) is 58.0 Å². The van der Waals surface area contributed by atoms with Gasteiger partial charge in [-0.1, -0.05) is 88.4 Å². The zero-order valence-electron chi connectivity index (χ0n) is 24.4. The van der Waals surface area contributed by atoms with Crippen molar-refractivity contribution in [1.82, 2.24) is 0 Å². The number of aromatic nitrogens is 1. The molecule has 0 saturated carbocycles. The Bertz CT molecular complexity index is 1870. The third kappa shape index (κ3) is 3.74. The van der Waals surface area contributed by atoms with Gasteiger partial charge in [0.05, 0.1) is 5.56 Å². The predicted molar refractivity (Wildman–Crippen MR) is 156 cm³/mol. The van der Waals surface area contributed by atoms with Crippen LogP contribution in [-0.2, 0) is 7.05 Å². The van der Waals surface area contributed by atoms with Crippen LogP contribution in [0.4, 0.5) is 0 Å². The summed E-state index contributed by atoms with van der Waals surface area (Å²) in [4.78, 5) is 0. The summed E-state index contributed by atoms with van der Waals surface area (Å²) in [6.07, 6.45) is 2.08. The third-order valence-electron chi connectivity index (χ3n) is 7.58. The minimum Gasteiger partial charge on any atom is -0.454 e. The van der Waals surface area contributed by atoms with Crippen LogP contribution in [0, 0.1) is 6.92 Å². The van der Waals surface area contributed by atoms with Gasteiger partial charge in [-0.15, -0.1) is 0 Å². The summed E-state index contributed by atoms with van der Waals surface area (Å²) in [7, 11) is 2.06. The van der Waals surface area contributed by atoms with Gasteiger partial charge < -0.3 is 4.42 Å². The van der Waals surface area contributed by atoms with E-state index in [-0.39, 0.29) is 0 Å². The Labute approximate surface area is 222 Å². The standard InChI is InChI=1S/C35H34NO/c1-21(2)26-12-9-13-27(22(3)4)33(26)25-18-19-36(6)31(20-25)32-23(5)14-16-30-29-17-15-24-10-7-8-11-28(24)34(29)37-35(30)32/h7-22H,1-6H3/q+1/i21D,22D. The van der Waals surface area contributed by atoms with Gasteiger partial charge in [0.2, 0.25) is 5.69 Å². The van der Waals surface area contributed by atoms with Crippen molar-refractivity contribution >= 4 is 32.7 Å². The minimum atomic E-state index is -0.815. The summed E-state index contributed by atoms with van der Waals surface area (Å²) >= 11 is 0. The molecule has 6 aromatic rings. The van der Waals surface area contributed by atoms with Gasteiger partial charge in [0.1, 0.15) is 18.2 Å². The quantitative estimate of drug-likeness (QED) is 0.227. The number of hydrogen-bond acceptors (Lipinski definition) is 1. The lowest BCUT2D eigenvalue weighted by molar-refractivity contribution is -0.660. The first-order valence-electron chi connectivity index (χ1n) is 13.9. The normalized spacial score (nSPS) is 13.4. The first-order chi connectivity index (χ1) is 18.4. The van der Waals surface area contributed by atoms with Crippen LogP contribution < -0.4 is 4.57 Å². The molecule has 0 aliphatic rings. The van der Waals surface area contributed by atoms with E-state index < -0.39 is 11.8 Å². The lowest BCUT2D eigenvalue weighted by Crippen LogP contribution is -2.30. The Morgan fingerprint density at radius 2 is 1.38 bits per heavy atom. The topological polar surface area (TPSA) is 17.0 Å². The number of rotatable bonds is 4. The van der Waals surface area contributed by atoms with Gasteiger partial charge in [-0.2, -0.15) is 0 Å². The summed E-state index contributed by atoms with van der Waals surface area (Å²) in [6.45, 7) is 9.80. The van der Waals surface area contributed by atoms with E-state index in [0.717, 1.165) is 71.8 Å². The number of furan rings is 1. The van der Waals surface area contributed by atoms with E-state index in [9.17, 15) is 0 Å². The molecule has 184 valence electrons. The van der Waals surface area contributed by atoms with Crippen molar-refractivity contribution in [2.24, 2.45) is 7.05 Å². The molecule has 2 heterocycles. The fraction of sp³-hybridized carbons (Fsp3) is 0.229. The molecule has 2 nitrogen and oxygen atoms in total. The van der Waals surface area contributed by atoms with Crippen molar-refractivity contribution < 1.29 is 11.7 Å². The molecule has 6 rings (SSSR count). The molecule has 0 radical (unpaired) electrons. The third-order valence-corrected chi connectivity index (χ3v) is 7.58. The predicted octanol–water partition coefficient (Wildman–Crippen LogP) is 9.45. The lowest BCUT2D eigenvalue weighted by Gasteiger charge is -2.20. The fourth-order valence-electron chi connectivity index (χ4n) is 5.65. The van der Waals surface area contributed by atoms with Gasteiger partial charge in [-0.25, -0.2) is 4.57 Å². The molecule has 37 heavy (non-hydrogen) atoms. The van der Waals surface area contributed by atoms with Crippen LogP contribution in [0.15, 0.2) is 89.5 Å². The van der Waals surface area contributed by atoms with Crippen LogP contribution in [0.2, 0.25) is 0 Å². The van der Waals surface area contributed by atoms with Crippen molar-refractivity contribution in [3.8, 4) is 22.4 Å². The van der Waals surface area contributed by atoms with Crippen LogP contribution >= 0.6 is 0 Å². The van der Waals surface area contributed by atoms with Gasteiger partial charge in [-0.3, -0.25) is 0 Å². The molecule has 0 aliphatic heterocycles. The lowest BCUT2D eigenvalue weighted by atomic mass is 9.85. The van der Waals surface area contributed by atoms with E-state index in [1.807, 2.05) is 45.9 Å². The van der Waals surface area contributed by atoms with E-state index in [0.29, 0.717) is 0 Å². The molecule has 4 aromatic carbocycles. The largest absolute Gasteiger partial charge is 0.454 e. The fourth-order valence-corrected chi connectivity index (χ4v) is 5.65. The highest BCUT2D eigenvalue weighted by molar-refractivity contribution is 6.17. The van der Waals surface area contributed by atoms with Gasteiger partial charge in [0.15, 0.2) is 6.20 Å². The van der Waals surface area contributed by atoms with Crippen molar-refractivity contribution in [1.29, 1.82) is 0 Å². The minimum absolute atomic E-state index is 0.815. The summed E-state index contributed by atoms with van der Waals surface area (Å²) in [5, 5.41) is 4.49. The van der Waals surface area contributed by atoms with Gasteiger partial charge in [0.25, 0.3) is 0 Å². The Kier molecular flexibility index (Phi) is 5.09. The highest BCUT2D eigenvalue weighted by Crippen LogP contribution is 2.41. The zero-order valence-corrected chi connectivity index (χ0v) is 22.4. The highest BCUT2D eigenvalue weighted by Gasteiger charge is 2.24. The second-order valence-corrected chi connectivity index (χ2v) is 10.5. The zero-order chi connectivity index (χ0) is 27.7. The van der Waals surface area contributed by atoms with E-state index in [1.165, 1.54) is 0 Å². The van der Waals surface area contributed by atoms with Crippen LogP contribution in [-0.4, -0.2) is 0 Å². The van der Waals surface area contributed by atoms with Gasteiger partial charge >= 0.3 is 0 Å².